The topological polar surface area (TPSA) is 37.3 Å². The van der Waals surface area contributed by atoms with Gasteiger partial charge in [-0.1, -0.05) is 44.9 Å². The fourth-order valence-corrected chi connectivity index (χ4v) is 4.23. The van der Waals surface area contributed by atoms with Gasteiger partial charge < -0.3 is 5.11 Å². The van der Waals surface area contributed by atoms with Crippen molar-refractivity contribution >= 4 is 5.78 Å². The van der Waals surface area contributed by atoms with E-state index in [4.69, 9.17) is 0 Å². The lowest BCUT2D eigenvalue weighted by Gasteiger charge is -2.41. The van der Waals surface area contributed by atoms with Gasteiger partial charge in [0.1, 0.15) is 0 Å². The Morgan fingerprint density at radius 3 is 2.82 bits per heavy atom. The molecule has 1 unspecified atom stereocenters. The molecule has 0 saturated heterocycles. The van der Waals surface area contributed by atoms with Crippen LogP contribution in [-0.2, 0) is 4.79 Å². The second-order valence-corrected chi connectivity index (χ2v) is 6.99. The van der Waals surface area contributed by atoms with Crippen molar-refractivity contribution in [2.75, 3.05) is 0 Å². The van der Waals surface area contributed by atoms with E-state index in [2.05, 4.69) is 33.4 Å². The summed E-state index contributed by atoms with van der Waals surface area (Å²) in [6, 6.07) is 0. The highest BCUT2D eigenvalue weighted by molar-refractivity contribution is 6.10. The molecule has 1 N–H and O–H groups in total. The average Bonchev–Trinajstić information content (AvgIpc) is 2.48. The van der Waals surface area contributed by atoms with Crippen molar-refractivity contribution in [1.29, 1.82) is 0 Å². The number of Topliss-reactive ketones (excluding diaryl/α,β-unsaturated/α-hetero) is 1. The molecule has 0 amide bonds. The maximum atomic E-state index is 13.0. The van der Waals surface area contributed by atoms with Gasteiger partial charge in [-0.05, 0) is 49.5 Å². The highest BCUT2D eigenvalue weighted by atomic mass is 16.3. The van der Waals surface area contributed by atoms with Gasteiger partial charge in [0, 0.05) is 11.5 Å². The Balaban J connectivity index is 2.45. The zero-order valence-electron chi connectivity index (χ0n) is 14.3. The van der Waals surface area contributed by atoms with Crippen LogP contribution in [0.1, 0.15) is 59.3 Å². The van der Waals surface area contributed by atoms with Gasteiger partial charge >= 0.3 is 0 Å². The molecule has 2 nitrogen and oxygen atoms in total. The molecule has 2 aliphatic carbocycles. The first-order valence-corrected chi connectivity index (χ1v) is 8.78. The molecular weight excluding hydrogens is 272 g/mol. The molecule has 122 valence electrons. The van der Waals surface area contributed by atoms with Crippen LogP contribution in [0.4, 0.5) is 0 Å². The van der Waals surface area contributed by atoms with Gasteiger partial charge in [0.2, 0.25) is 0 Å². The number of hydrogen-bond acceptors (Lipinski definition) is 2. The summed E-state index contributed by atoms with van der Waals surface area (Å²) in [6.45, 7) is 10.3. The van der Waals surface area contributed by atoms with E-state index in [1.807, 2.05) is 6.08 Å². The maximum absolute atomic E-state index is 13.0. The van der Waals surface area contributed by atoms with E-state index in [9.17, 15) is 9.90 Å². The zero-order valence-corrected chi connectivity index (χ0v) is 14.3. The summed E-state index contributed by atoms with van der Waals surface area (Å²) in [5.41, 5.74) is 3.04. The fraction of sp³-hybridized carbons (Fsp3) is 0.650. The van der Waals surface area contributed by atoms with Gasteiger partial charge in [0.15, 0.2) is 5.78 Å². The molecule has 2 heteroatoms. The average molecular weight is 302 g/mol. The molecule has 22 heavy (non-hydrogen) atoms. The molecule has 0 spiro atoms. The number of carbonyl (C=O) groups is 1. The van der Waals surface area contributed by atoms with Crippen LogP contribution < -0.4 is 0 Å². The SMILES string of the molecule is C=CCC1=C2CCC[C@H](O)[C@H]2[C@H](C)/C(=C\C(C)CCC)C1=O. The highest BCUT2D eigenvalue weighted by Gasteiger charge is 2.41. The molecule has 0 bridgehead atoms. The lowest BCUT2D eigenvalue weighted by molar-refractivity contribution is -0.114. The predicted molar refractivity (Wildman–Crippen MR) is 91.5 cm³/mol. The molecule has 0 aromatic rings. The van der Waals surface area contributed by atoms with Gasteiger partial charge in [-0.3, -0.25) is 4.79 Å². The lowest BCUT2D eigenvalue weighted by atomic mass is 9.64. The fourth-order valence-electron chi connectivity index (χ4n) is 4.23. The molecule has 2 rings (SSSR count). The van der Waals surface area contributed by atoms with Crippen LogP contribution in [0.25, 0.3) is 0 Å². The van der Waals surface area contributed by atoms with Gasteiger partial charge in [-0.2, -0.15) is 0 Å². The van der Waals surface area contributed by atoms with Crippen molar-refractivity contribution in [3.8, 4) is 0 Å². The first-order chi connectivity index (χ1) is 10.5. The van der Waals surface area contributed by atoms with Crippen molar-refractivity contribution in [3.63, 3.8) is 0 Å². The van der Waals surface area contributed by atoms with Gasteiger partial charge in [-0.15, -0.1) is 6.58 Å². The van der Waals surface area contributed by atoms with E-state index in [0.717, 1.165) is 43.3 Å². The van der Waals surface area contributed by atoms with Crippen LogP contribution in [0.2, 0.25) is 0 Å². The normalized spacial score (nSPS) is 32.1. The van der Waals surface area contributed by atoms with Crippen LogP contribution in [0.3, 0.4) is 0 Å². The Bertz CT molecular complexity index is 498. The van der Waals surface area contributed by atoms with Crippen molar-refractivity contribution in [1.82, 2.24) is 0 Å². The number of fused-ring (bicyclic) bond motifs is 1. The zero-order chi connectivity index (χ0) is 16.3. The molecule has 0 heterocycles. The summed E-state index contributed by atoms with van der Waals surface area (Å²) >= 11 is 0. The Hall–Kier alpha value is -1.15. The van der Waals surface area contributed by atoms with E-state index in [-0.39, 0.29) is 23.7 Å². The molecule has 0 aromatic carbocycles. The lowest BCUT2D eigenvalue weighted by Crippen LogP contribution is -2.39. The molecule has 2 aliphatic rings. The van der Waals surface area contributed by atoms with E-state index in [0.29, 0.717) is 12.3 Å². The van der Waals surface area contributed by atoms with E-state index in [1.54, 1.807) is 0 Å². The minimum Gasteiger partial charge on any atom is -0.392 e. The van der Waals surface area contributed by atoms with Crippen LogP contribution in [0, 0.1) is 17.8 Å². The van der Waals surface area contributed by atoms with Gasteiger partial charge in [0.25, 0.3) is 0 Å². The number of rotatable bonds is 5. The minimum atomic E-state index is -0.309. The minimum absolute atomic E-state index is 0.126. The second kappa shape index (κ2) is 7.41. The molecule has 1 fully saturated rings. The van der Waals surface area contributed by atoms with Gasteiger partial charge in [-0.25, -0.2) is 0 Å². The number of allylic oxidation sites excluding steroid dienone is 4. The smallest absolute Gasteiger partial charge is 0.185 e. The van der Waals surface area contributed by atoms with Crippen LogP contribution in [-0.4, -0.2) is 17.0 Å². The van der Waals surface area contributed by atoms with Crippen molar-refractivity contribution in [2.45, 2.75) is 65.4 Å². The largest absolute Gasteiger partial charge is 0.392 e. The standard InChI is InChI=1S/C20H30O2/c1-5-8-13(3)12-17-14(4)19-15(10-7-11-18(19)21)16(9-6-2)20(17)22/h6,12-14,18-19,21H,2,5,7-11H2,1,3-4H3/b17-12+/t13?,14-,18+,19+/m1/s1. The van der Waals surface area contributed by atoms with E-state index < -0.39 is 0 Å². The molecule has 1 saturated carbocycles. The summed E-state index contributed by atoms with van der Waals surface area (Å²) < 4.78 is 0. The summed E-state index contributed by atoms with van der Waals surface area (Å²) in [4.78, 5) is 13.0. The number of ketones is 1. The molecule has 0 aromatic heterocycles. The Morgan fingerprint density at radius 2 is 2.18 bits per heavy atom. The summed E-state index contributed by atoms with van der Waals surface area (Å²) in [7, 11) is 0. The molecular formula is C20H30O2. The number of aliphatic hydroxyl groups is 1. The summed E-state index contributed by atoms with van der Waals surface area (Å²) in [5, 5.41) is 10.5. The van der Waals surface area contributed by atoms with Crippen molar-refractivity contribution < 1.29 is 9.90 Å². The first kappa shape index (κ1) is 17.2. The summed E-state index contributed by atoms with van der Waals surface area (Å²) in [6.07, 6.45) is 9.33. The van der Waals surface area contributed by atoms with Crippen LogP contribution >= 0.6 is 0 Å². The Kier molecular flexibility index (Phi) is 5.80. The van der Waals surface area contributed by atoms with Crippen LogP contribution in [0.5, 0.6) is 0 Å². The molecule has 0 radical (unpaired) electrons. The quantitative estimate of drug-likeness (QED) is 0.595. The third-order valence-electron chi connectivity index (χ3n) is 5.27. The monoisotopic (exact) mass is 302 g/mol. The summed E-state index contributed by atoms with van der Waals surface area (Å²) in [5.74, 6) is 0.876. The van der Waals surface area contributed by atoms with Crippen molar-refractivity contribution in [2.24, 2.45) is 17.8 Å². The number of aliphatic hydroxyl groups excluding tert-OH is 1. The maximum Gasteiger partial charge on any atom is 0.185 e. The predicted octanol–water partition coefficient (Wildman–Crippen LogP) is 4.60. The second-order valence-electron chi connectivity index (χ2n) is 6.99. The Labute approximate surface area is 135 Å². The first-order valence-electron chi connectivity index (χ1n) is 8.78. The number of hydrogen-bond donors (Lipinski definition) is 1. The van der Waals surface area contributed by atoms with Crippen LogP contribution in [0.15, 0.2) is 35.5 Å². The highest BCUT2D eigenvalue weighted by Crippen LogP contribution is 2.45. The van der Waals surface area contributed by atoms with Gasteiger partial charge in [0.05, 0.1) is 6.10 Å². The molecule has 0 aliphatic heterocycles. The Morgan fingerprint density at radius 1 is 1.45 bits per heavy atom. The third-order valence-corrected chi connectivity index (χ3v) is 5.27. The third kappa shape index (κ3) is 3.27. The van der Waals surface area contributed by atoms with E-state index >= 15 is 0 Å². The van der Waals surface area contributed by atoms with Crippen molar-refractivity contribution in [3.05, 3.63) is 35.5 Å². The number of carbonyl (C=O) groups excluding carboxylic acids is 1. The molecule has 4 atom stereocenters. The van der Waals surface area contributed by atoms with E-state index in [1.165, 1.54) is 5.57 Å².